The van der Waals surface area contributed by atoms with Crippen LogP contribution >= 0.6 is 11.8 Å². The molecule has 1 saturated heterocycles. The highest BCUT2D eigenvalue weighted by atomic mass is 32.2. The number of carbonyl (C=O) groups excluding carboxylic acids is 2. The van der Waals surface area contributed by atoms with Crippen molar-refractivity contribution in [2.75, 3.05) is 20.2 Å². The molecule has 1 aromatic heterocycles. The third-order valence-electron chi connectivity index (χ3n) is 3.04. The average Bonchev–Trinajstić information content (AvgIpc) is 2.87. The highest BCUT2D eigenvalue weighted by Gasteiger charge is 2.21. The summed E-state index contributed by atoms with van der Waals surface area (Å²) in [6.07, 6.45) is 4.52. The lowest BCUT2D eigenvalue weighted by molar-refractivity contribution is -0.141. The second-order valence-electron chi connectivity index (χ2n) is 4.70. The number of methoxy groups -OCH3 is 1. The molecule has 0 aromatic carbocycles. The molecule has 0 bridgehead atoms. The first kappa shape index (κ1) is 15.7. The molecule has 0 spiro atoms. The normalized spacial score (nSPS) is 20.5. The van der Waals surface area contributed by atoms with Crippen LogP contribution in [-0.2, 0) is 20.9 Å². The molecule has 114 valence electrons. The van der Waals surface area contributed by atoms with Crippen molar-refractivity contribution in [3.63, 3.8) is 0 Å². The van der Waals surface area contributed by atoms with E-state index in [2.05, 4.69) is 20.4 Å². The third kappa shape index (κ3) is 4.68. The Morgan fingerprint density at radius 2 is 2.43 bits per heavy atom. The van der Waals surface area contributed by atoms with Gasteiger partial charge in [-0.2, -0.15) is 0 Å². The number of thioether (sulfide) groups is 1. The van der Waals surface area contributed by atoms with E-state index in [0.29, 0.717) is 5.69 Å². The topological polar surface area (TPSA) is 86.1 Å². The first-order chi connectivity index (χ1) is 10.1. The number of piperidine rings is 1. The van der Waals surface area contributed by atoms with Gasteiger partial charge in [-0.05, 0) is 24.6 Å². The van der Waals surface area contributed by atoms with Crippen molar-refractivity contribution < 1.29 is 14.3 Å². The monoisotopic (exact) mass is 310 g/mol. The van der Waals surface area contributed by atoms with Gasteiger partial charge in [-0.15, -0.1) is 5.10 Å². The molecule has 2 heterocycles. The van der Waals surface area contributed by atoms with E-state index in [9.17, 15) is 9.59 Å². The van der Waals surface area contributed by atoms with E-state index in [1.54, 1.807) is 13.1 Å². The number of hydrogen-bond donors (Lipinski definition) is 1. The quantitative estimate of drug-likeness (QED) is 0.809. The summed E-state index contributed by atoms with van der Waals surface area (Å²) in [6, 6.07) is 0. The van der Waals surface area contributed by atoms with Gasteiger partial charge in [0.05, 0.1) is 13.3 Å². The molecule has 0 amide bonds. The summed E-state index contributed by atoms with van der Waals surface area (Å²) < 4.78 is 6.01. The molecule has 1 unspecified atom stereocenters. The minimum atomic E-state index is -0.372. The van der Waals surface area contributed by atoms with Gasteiger partial charge in [-0.25, -0.2) is 4.68 Å². The van der Waals surface area contributed by atoms with Crippen LogP contribution < -0.4 is 5.32 Å². The Kier molecular flexibility index (Phi) is 5.51. The number of nitrogens with zero attached hydrogens (tertiary/aromatic N) is 3. The predicted octanol–water partition coefficient (Wildman–Crippen LogP) is 0.476. The summed E-state index contributed by atoms with van der Waals surface area (Å²) in [5.74, 6) is -0.372. The fourth-order valence-corrected chi connectivity index (χ4v) is 3.03. The SMILES string of the molecule is COC(=O)Cn1cc(C=C2CNCCC2SC(C)=O)nn1. The zero-order valence-corrected chi connectivity index (χ0v) is 12.9. The van der Waals surface area contributed by atoms with Gasteiger partial charge in [0, 0.05) is 18.7 Å². The van der Waals surface area contributed by atoms with Crippen LogP contribution in [0.15, 0.2) is 11.8 Å². The van der Waals surface area contributed by atoms with Crippen molar-refractivity contribution in [3.8, 4) is 0 Å². The maximum atomic E-state index is 11.3. The van der Waals surface area contributed by atoms with E-state index in [0.717, 1.165) is 25.1 Å². The second kappa shape index (κ2) is 7.37. The van der Waals surface area contributed by atoms with Crippen LogP contribution in [0.25, 0.3) is 6.08 Å². The summed E-state index contributed by atoms with van der Waals surface area (Å²) in [6.45, 7) is 3.25. The van der Waals surface area contributed by atoms with Gasteiger partial charge < -0.3 is 10.1 Å². The van der Waals surface area contributed by atoms with Crippen LogP contribution in [0.4, 0.5) is 0 Å². The van der Waals surface area contributed by atoms with E-state index in [-0.39, 0.29) is 22.9 Å². The Morgan fingerprint density at radius 1 is 1.62 bits per heavy atom. The number of carbonyl (C=O) groups is 2. The number of ether oxygens (including phenoxy) is 1. The van der Waals surface area contributed by atoms with Crippen LogP contribution in [-0.4, -0.2) is 51.5 Å². The number of esters is 1. The molecule has 0 radical (unpaired) electrons. The van der Waals surface area contributed by atoms with E-state index in [4.69, 9.17) is 0 Å². The minimum Gasteiger partial charge on any atom is -0.468 e. The molecule has 1 aliphatic rings. The first-order valence-electron chi connectivity index (χ1n) is 6.64. The van der Waals surface area contributed by atoms with E-state index >= 15 is 0 Å². The number of rotatable bonds is 4. The number of hydrogen-bond acceptors (Lipinski definition) is 7. The van der Waals surface area contributed by atoms with Crippen molar-refractivity contribution >= 4 is 28.9 Å². The molecule has 0 aliphatic carbocycles. The van der Waals surface area contributed by atoms with Gasteiger partial charge >= 0.3 is 5.97 Å². The standard InChI is InChI=1S/C13H18N4O3S/c1-9(18)21-12-3-4-14-6-10(12)5-11-7-17(16-15-11)8-13(19)20-2/h5,7,12,14H,3-4,6,8H2,1-2H3. The fraction of sp³-hybridized carbons (Fsp3) is 0.538. The Labute approximate surface area is 127 Å². The molecular weight excluding hydrogens is 292 g/mol. The average molecular weight is 310 g/mol. The maximum Gasteiger partial charge on any atom is 0.327 e. The molecule has 21 heavy (non-hydrogen) atoms. The summed E-state index contributed by atoms with van der Waals surface area (Å²) in [4.78, 5) is 22.5. The Balaban J connectivity index is 2.09. The van der Waals surface area contributed by atoms with Gasteiger partial charge in [-0.3, -0.25) is 9.59 Å². The zero-order valence-electron chi connectivity index (χ0n) is 12.0. The van der Waals surface area contributed by atoms with Crippen LogP contribution in [0.3, 0.4) is 0 Å². The molecule has 7 nitrogen and oxygen atoms in total. The zero-order chi connectivity index (χ0) is 15.2. The van der Waals surface area contributed by atoms with Gasteiger partial charge in [-0.1, -0.05) is 17.0 Å². The fourth-order valence-electron chi connectivity index (χ4n) is 2.09. The molecular formula is C13H18N4O3S. The Morgan fingerprint density at radius 3 is 3.14 bits per heavy atom. The van der Waals surface area contributed by atoms with Crippen molar-refractivity contribution in [2.45, 2.75) is 25.1 Å². The van der Waals surface area contributed by atoms with Crippen LogP contribution in [0.1, 0.15) is 19.0 Å². The van der Waals surface area contributed by atoms with Crippen LogP contribution in [0.5, 0.6) is 0 Å². The highest BCUT2D eigenvalue weighted by Crippen LogP contribution is 2.26. The van der Waals surface area contributed by atoms with Gasteiger partial charge in [0.25, 0.3) is 0 Å². The third-order valence-corrected chi connectivity index (χ3v) is 4.20. The first-order valence-corrected chi connectivity index (χ1v) is 7.52. The second-order valence-corrected chi connectivity index (χ2v) is 6.08. The summed E-state index contributed by atoms with van der Waals surface area (Å²) >= 11 is 1.35. The van der Waals surface area contributed by atoms with Crippen LogP contribution in [0, 0.1) is 0 Å². The molecule has 1 aromatic rings. The number of nitrogens with one attached hydrogen (secondary N) is 1. The lowest BCUT2D eigenvalue weighted by Crippen LogP contribution is -2.32. The highest BCUT2D eigenvalue weighted by molar-refractivity contribution is 8.14. The maximum absolute atomic E-state index is 11.3. The van der Waals surface area contributed by atoms with Gasteiger partial charge in [0.1, 0.15) is 12.2 Å². The van der Waals surface area contributed by atoms with Crippen molar-refractivity contribution in [1.82, 2.24) is 20.3 Å². The molecule has 8 heteroatoms. The van der Waals surface area contributed by atoms with Gasteiger partial charge in [0.15, 0.2) is 5.12 Å². The predicted molar refractivity (Wildman–Crippen MR) is 79.6 cm³/mol. The molecule has 2 rings (SSSR count). The van der Waals surface area contributed by atoms with Crippen molar-refractivity contribution in [3.05, 3.63) is 17.5 Å². The summed E-state index contributed by atoms with van der Waals surface area (Å²) in [7, 11) is 1.33. The number of aromatic nitrogens is 3. The molecule has 1 atom stereocenters. The van der Waals surface area contributed by atoms with Gasteiger partial charge in [0.2, 0.25) is 0 Å². The molecule has 1 N–H and O–H groups in total. The Hall–Kier alpha value is -1.67. The van der Waals surface area contributed by atoms with E-state index in [1.807, 2.05) is 6.08 Å². The lowest BCUT2D eigenvalue weighted by atomic mass is 10.1. The Bertz CT molecular complexity index is 555. The molecule has 1 aliphatic heterocycles. The van der Waals surface area contributed by atoms with Crippen LogP contribution in [0.2, 0.25) is 0 Å². The molecule has 0 saturated carbocycles. The van der Waals surface area contributed by atoms with E-state index in [1.165, 1.54) is 23.6 Å². The summed E-state index contributed by atoms with van der Waals surface area (Å²) in [5, 5.41) is 11.5. The smallest absolute Gasteiger partial charge is 0.327 e. The van der Waals surface area contributed by atoms with Crippen molar-refractivity contribution in [1.29, 1.82) is 0 Å². The summed E-state index contributed by atoms with van der Waals surface area (Å²) in [5.41, 5.74) is 1.79. The van der Waals surface area contributed by atoms with E-state index < -0.39 is 0 Å². The minimum absolute atomic E-state index is 0.0382. The van der Waals surface area contributed by atoms with Crippen molar-refractivity contribution in [2.24, 2.45) is 0 Å². The molecule has 1 fully saturated rings. The lowest BCUT2D eigenvalue weighted by Gasteiger charge is -2.24. The largest absolute Gasteiger partial charge is 0.468 e.